The van der Waals surface area contributed by atoms with E-state index in [9.17, 15) is 4.79 Å². The summed E-state index contributed by atoms with van der Waals surface area (Å²) in [7, 11) is 3.25. The lowest BCUT2D eigenvalue weighted by atomic mass is 9.85. The molecule has 0 fully saturated rings. The van der Waals surface area contributed by atoms with E-state index in [1.807, 2.05) is 30.3 Å². The topological polar surface area (TPSA) is 47.6 Å². The highest BCUT2D eigenvalue weighted by atomic mass is 16.5. The van der Waals surface area contributed by atoms with Gasteiger partial charge in [-0.05, 0) is 12.0 Å². The molecule has 1 amide bonds. The number of anilines is 1. The zero-order valence-electron chi connectivity index (χ0n) is 12.8. The van der Waals surface area contributed by atoms with Crippen molar-refractivity contribution >= 4 is 11.6 Å². The van der Waals surface area contributed by atoms with Crippen LogP contribution in [0.2, 0.25) is 0 Å². The maximum Gasteiger partial charge on any atom is 0.225 e. The van der Waals surface area contributed by atoms with Gasteiger partial charge in [0.05, 0.1) is 19.9 Å². The third-order valence-corrected chi connectivity index (χ3v) is 4.01. The molecule has 2 aromatic rings. The first-order chi connectivity index (χ1) is 10.7. The number of rotatable bonds is 4. The summed E-state index contributed by atoms with van der Waals surface area (Å²) >= 11 is 0. The van der Waals surface area contributed by atoms with Gasteiger partial charge in [-0.1, -0.05) is 30.3 Å². The maximum atomic E-state index is 12.0. The monoisotopic (exact) mass is 297 g/mol. The second-order valence-corrected chi connectivity index (χ2v) is 5.43. The number of methoxy groups -OCH3 is 2. The van der Waals surface area contributed by atoms with Crippen LogP contribution in [-0.2, 0) is 11.2 Å². The van der Waals surface area contributed by atoms with Crippen LogP contribution in [0.1, 0.15) is 23.5 Å². The Bertz CT molecular complexity index is 682. The van der Waals surface area contributed by atoms with Crippen molar-refractivity contribution in [1.82, 2.24) is 0 Å². The number of nitrogens with one attached hydrogen (secondary N) is 1. The number of carbonyl (C=O) groups is 1. The van der Waals surface area contributed by atoms with Gasteiger partial charge in [0, 0.05) is 30.0 Å². The lowest BCUT2D eigenvalue weighted by Crippen LogP contribution is -2.24. The molecule has 0 aliphatic carbocycles. The maximum absolute atomic E-state index is 12.0. The second kappa shape index (κ2) is 6.10. The molecule has 0 saturated carbocycles. The van der Waals surface area contributed by atoms with Crippen molar-refractivity contribution < 1.29 is 14.3 Å². The van der Waals surface area contributed by atoms with Crippen LogP contribution in [0.25, 0.3) is 0 Å². The Morgan fingerprint density at radius 3 is 2.59 bits per heavy atom. The molecule has 0 saturated heterocycles. The summed E-state index contributed by atoms with van der Waals surface area (Å²) in [5, 5.41) is 2.93. The van der Waals surface area contributed by atoms with E-state index >= 15 is 0 Å². The highest BCUT2D eigenvalue weighted by Crippen LogP contribution is 2.43. The predicted molar refractivity (Wildman–Crippen MR) is 85.7 cm³/mol. The summed E-state index contributed by atoms with van der Waals surface area (Å²) in [6, 6.07) is 13.9. The molecule has 4 heteroatoms. The van der Waals surface area contributed by atoms with E-state index in [0.717, 1.165) is 23.4 Å². The van der Waals surface area contributed by atoms with Gasteiger partial charge < -0.3 is 14.8 Å². The number of carbonyl (C=O) groups excluding carboxylic acids is 1. The fraction of sp³-hybridized carbons (Fsp3) is 0.278. The molecule has 114 valence electrons. The molecule has 4 nitrogen and oxygen atoms in total. The van der Waals surface area contributed by atoms with Crippen LogP contribution in [0, 0.1) is 0 Å². The smallest absolute Gasteiger partial charge is 0.225 e. The Hall–Kier alpha value is -2.49. The van der Waals surface area contributed by atoms with Gasteiger partial charge in [0.1, 0.15) is 11.5 Å². The Morgan fingerprint density at radius 1 is 1.14 bits per heavy atom. The molecule has 1 atom stereocenters. The Kier molecular flexibility index (Phi) is 4.00. The molecule has 0 bridgehead atoms. The number of ether oxygens (including phenoxy) is 2. The third-order valence-electron chi connectivity index (χ3n) is 4.01. The summed E-state index contributed by atoms with van der Waals surface area (Å²) < 4.78 is 10.8. The van der Waals surface area contributed by atoms with Gasteiger partial charge in [0.15, 0.2) is 0 Å². The van der Waals surface area contributed by atoms with Crippen molar-refractivity contribution in [2.45, 2.75) is 18.8 Å². The van der Waals surface area contributed by atoms with Gasteiger partial charge in [0.25, 0.3) is 0 Å². The van der Waals surface area contributed by atoms with Gasteiger partial charge in [-0.2, -0.15) is 0 Å². The second-order valence-electron chi connectivity index (χ2n) is 5.43. The normalized spacial score (nSPS) is 16.6. The molecule has 3 rings (SSSR count). The first-order valence-electron chi connectivity index (χ1n) is 7.31. The number of amides is 1. The van der Waals surface area contributed by atoms with Crippen LogP contribution in [0.3, 0.4) is 0 Å². The molecule has 2 aromatic carbocycles. The molecule has 1 N–H and O–H groups in total. The highest BCUT2D eigenvalue weighted by molar-refractivity contribution is 5.95. The summed E-state index contributed by atoms with van der Waals surface area (Å²) in [5.74, 6) is 1.57. The molecule has 0 radical (unpaired) electrons. The lowest BCUT2D eigenvalue weighted by Gasteiger charge is -2.28. The first kappa shape index (κ1) is 14.4. The minimum Gasteiger partial charge on any atom is -0.497 e. The Morgan fingerprint density at radius 2 is 1.91 bits per heavy atom. The molecule has 0 spiro atoms. The summed E-state index contributed by atoms with van der Waals surface area (Å²) in [5.41, 5.74) is 3.05. The van der Waals surface area contributed by atoms with Crippen LogP contribution in [0.4, 0.5) is 5.69 Å². The van der Waals surface area contributed by atoms with Crippen molar-refractivity contribution in [3.05, 3.63) is 53.6 Å². The van der Waals surface area contributed by atoms with Crippen molar-refractivity contribution in [2.75, 3.05) is 19.5 Å². The van der Waals surface area contributed by atoms with Crippen LogP contribution >= 0.6 is 0 Å². The minimum atomic E-state index is 0.0312. The average molecular weight is 297 g/mol. The van der Waals surface area contributed by atoms with Crippen molar-refractivity contribution in [2.24, 2.45) is 0 Å². The Labute approximate surface area is 130 Å². The SMILES string of the molecule is COc1cc2c(c(OC)c1)[C@@H](Cc1ccccc1)CC(=O)N2. The molecule has 1 aliphatic heterocycles. The number of hydrogen-bond donors (Lipinski definition) is 1. The van der Waals surface area contributed by atoms with E-state index in [1.165, 1.54) is 5.56 Å². The van der Waals surface area contributed by atoms with E-state index in [4.69, 9.17) is 9.47 Å². The molecule has 1 aliphatic rings. The van der Waals surface area contributed by atoms with Crippen LogP contribution in [0.15, 0.2) is 42.5 Å². The number of fused-ring (bicyclic) bond motifs is 1. The zero-order chi connectivity index (χ0) is 15.5. The summed E-state index contributed by atoms with van der Waals surface area (Å²) in [6.07, 6.45) is 1.27. The van der Waals surface area contributed by atoms with E-state index in [2.05, 4.69) is 17.4 Å². The largest absolute Gasteiger partial charge is 0.497 e. The first-order valence-corrected chi connectivity index (χ1v) is 7.31. The van der Waals surface area contributed by atoms with E-state index in [0.29, 0.717) is 12.2 Å². The van der Waals surface area contributed by atoms with Gasteiger partial charge in [-0.3, -0.25) is 4.79 Å². The molecular weight excluding hydrogens is 278 g/mol. The molecule has 1 heterocycles. The van der Waals surface area contributed by atoms with E-state index in [1.54, 1.807) is 14.2 Å². The van der Waals surface area contributed by atoms with Gasteiger partial charge >= 0.3 is 0 Å². The predicted octanol–water partition coefficient (Wildman–Crippen LogP) is 3.37. The molecule has 0 unspecified atom stereocenters. The highest BCUT2D eigenvalue weighted by Gasteiger charge is 2.29. The van der Waals surface area contributed by atoms with Crippen molar-refractivity contribution in [3.8, 4) is 11.5 Å². The Balaban J connectivity index is 2.02. The number of hydrogen-bond acceptors (Lipinski definition) is 3. The van der Waals surface area contributed by atoms with Crippen molar-refractivity contribution in [3.63, 3.8) is 0 Å². The molecular formula is C18H19NO3. The fourth-order valence-corrected chi connectivity index (χ4v) is 3.01. The lowest BCUT2D eigenvalue weighted by molar-refractivity contribution is -0.116. The third kappa shape index (κ3) is 2.77. The van der Waals surface area contributed by atoms with Crippen LogP contribution in [-0.4, -0.2) is 20.1 Å². The van der Waals surface area contributed by atoms with Gasteiger partial charge in [-0.15, -0.1) is 0 Å². The fourth-order valence-electron chi connectivity index (χ4n) is 3.01. The standard InChI is InChI=1S/C18H19NO3/c1-21-14-10-15-18(16(11-14)22-2)13(9-17(20)19-15)8-12-6-4-3-5-7-12/h3-7,10-11,13H,8-9H2,1-2H3,(H,19,20)/t13-/m0/s1. The summed E-state index contributed by atoms with van der Waals surface area (Å²) in [6.45, 7) is 0. The average Bonchev–Trinajstić information content (AvgIpc) is 2.54. The van der Waals surface area contributed by atoms with Gasteiger partial charge in [0.2, 0.25) is 5.91 Å². The van der Waals surface area contributed by atoms with Gasteiger partial charge in [-0.25, -0.2) is 0 Å². The van der Waals surface area contributed by atoms with E-state index in [-0.39, 0.29) is 11.8 Å². The van der Waals surface area contributed by atoms with Crippen LogP contribution < -0.4 is 14.8 Å². The van der Waals surface area contributed by atoms with Crippen molar-refractivity contribution in [1.29, 1.82) is 0 Å². The quantitative estimate of drug-likeness (QED) is 0.941. The van der Waals surface area contributed by atoms with E-state index < -0.39 is 0 Å². The number of benzene rings is 2. The van der Waals surface area contributed by atoms with Crippen LogP contribution in [0.5, 0.6) is 11.5 Å². The zero-order valence-corrected chi connectivity index (χ0v) is 12.8. The minimum absolute atomic E-state index is 0.0312. The molecule has 0 aromatic heterocycles. The molecule has 22 heavy (non-hydrogen) atoms. The summed E-state index contributed by atoms with van der Waals surface area (Å²) in [4.78, 5) is 12.0.